The minimum absolute atomic E-state index is 0.289. The molecule has 108 valence electrons. The highest BCUT2D eigenvalue weighted by atomic mass is 35.5. The van der Waals surface area contributed by atoms with Crippen LogP contribution in [-0.4, -0.2) is 18.6 Å². The number of hydrogen-bond acceptors (Lipinski definition) is 2. The molecule has 1 fully saturated rings. The van der Waals surface area contributed by atoms with Gasteiger partial charge in [0.1, 0.15) is 0 Å². The number of nitrogens with one attached hydrogen (secondary N) is 1. The van der Waals surface area contributed by atoms with Gasteiger partial charge in [-0.1, -0.05) is 55.1 Å². The molecular weight excluding hydrogens is 268 g/mol. The minimum atomic E-state index is 0.289. The first kappa shape index (κ1) is 14.0. The quantitative estimate of drug-likeness (QED) is 0.884. The van der Waals surface area contributed by atoms with Crippen molar-refractivity contribution in [1.82, 2.24) is 5.32 Å². The number of para-hydroxylation sites is 1. The van der Waals surface area contributed by atoms with Gasteiger partial charge >= 0.3 is 0 Å². The lowest BCUT2D eigenvalue weighted by atomic mass is 9.81. The van der Waals surface area contributed by atoms with Crippen LogP contribution in [0.25, 0.3) is 0 Å². The van der Waals surface area contributed by atoms with Crippen LogP contribution in [0.4, 0.5) is 5.69 Å². The van der Waals surface area contributed by atoms with E-state index in [4.69, 9.17) is 11.6 Å². The maximum atomic E-state index is 5.74. The van der Waals surface area contributed by atoms with Crippen LogP contribution in [0.3, 0.4) is 0 Å². The molecule has 3 heteroatoms. The van der Waals surface area contributed by atoms with Crippen LogP contribution in [0.15, 0.2) is 35.9 Å². The topological polar surface area (TPSA) is 15.3 Å². The van der Waals surface area contributed by atoms with Crippen LogP contribution in [0.2, 0.25) is 0 Å². The summed E-state index contributed by atoms with van der Waals surface area (Å²) in [7, 11) is 0. The third-order valence-electron chi connectivity index (χ3n) is 4.71. The molecule has 1 N–H and O–H groups in total. The van der Waals surface area contributed by atoms with Gasteiger partial charge in [-0.05, 0) is 24.5 Å². The van der Waals surface area contributed by atoms with E-state index in [0.29, 0.717) is 0 Å². The zero-order chi connectivity index (χ0) is 13.8. The van der Waals surface area contributed by atoms with Gasteiger partial charge in [-0.3, -0.25) is 0 Å². The zero-order valence-corrected chi connectivity index (χ0v) is 12.7. The van der Waals surface area contributed by atoms with E-state index in [1.54, 1.807) is 5.54 Å². The smallest absolute Gasteiger partial charge is 0.0415 e. The van der Waals surface area contributed by atoms with E-state index in [1.165, 1.54) is 43.4 Å². The van der Waals surface area contributed by atoms with Crippen molar-refractivity contribution in [1.29, 1.82) is 0 Å². The highest BCUT2D eigenvalue weighted by molar-refractivity contribution is 6.25. The molecule has 1 saturated carbocycles. The van der Waals surface area contributed by atoms with Crippen molar-refractivity contribution in [3.63, 3.8) is 0 Å². The number of rotatable bonds is 2. The van der Waals surface area contributed by atoms with Crippen molar-refractivity contribution in [2.45, 2.75) is 44.2 Å². The molecule has 1 aromatic rings. The van der Waals surface area contributed by atoms with Crippen molar-refractivity contribution < 1.29 is 0 Å². The summed E-state index contributed by atoms with van der Waals surface area (Å²) in [5.41, 5.74) is 4.68. The molecule has 1 aliphatic carbocycles. The summed E-state index contributed by atoms with van der Waals surface area (Å²) in [6, 6.07) is 8.74. The number of hydrogen-bond donors (Lipinski definition) is 1. The maximum Gasteiger partial charge on any atom is 0.0415 e. The summed E-state index contributed by atoms with van der Waals surface area (Å²) in [5.74, 6) is 0. The van der Waals surface area contributed by atoms with Crippen molar-refractivity contribution in [2.24, 2.45) is 0 Å². The van der Waals surface area contributed by atoms with Crippen molar-refractivity contribution >= 4 is 17.3 Å². The molecule has 0 amide bonds. The fourth-order valence-corrected chi connectivity index (χ4v) is 3.73. The Morgan fingerprint density at radius 1 is 1.20 bits per heavy atom. The normalized spacial score (nSPS) is 21.9. The summed E-state index contributed by atoms with van der Waals surface area (Å²) >= 11 is 5.74. The van der Waals surface area contributed by atoms with Gasteiger partial charge in [-0.15, -0.1) is 0 Å². The van der Waals surface area contributed by atoms with Gasteiger partial charge in [0.15, 0.2) is 0 Å². The van der Waals surface area contributed by atoms with Gasteiger partial charge in [0.2, 0.25) is 0 Å². The summed E-state index contributed by atoms with van der Waals surface area (Å²) in [4.78, 5) is 2.49. The number of anilines is 1. The van der Waals surface area contributed by atoms with Gasteiger partial charge in [0, 0.05) is 36.4 Å². The van der Waals surface area contributed by atoms with E-state index in [1.807, 2.05) is 6.08 Å². The largest absolute Gasteiger partial charge is 0.366 e. The Labute approximate surface area is 126 Å². The van der Waals surface area contributed by atoms with Crippen molar-refractivity contribution in [3.05, 3.63) is 41.4 Å². The molecule has 0 radical (unpaired) electrons. The number of fused-ring (bicyclic) bond motifs is 1. The van der Waals surface area contributed by atoms with Crippen LogP contribution in [0, 0.1) is 0 Å². The Morgan fingerprint density at radius 2 is 2.00 bits per heavy atom. The lowest BCUT2D eigenvalue weighted by molar-refractivity contribution is 0.237. The molecule has 0 unspecified atom stereocenters. The second-order valence-electron chi connectivity index (χ2n) is 6.07. The highest BCUT2D eigenvalue weighted by Gasteiger charge is 2.35. The van der Waals surface area contributed by atoms with Crippen LogP contribution >= 0.6 is 11.6 Å². The lowest BCUT2D eigenvalue weighted by Crippen LogP contribution is -2.52. The van der Waals surface area contributed by atoms with Gasteiger partial charge in [0.25, 0.3) is 0 Å². The summed E-state index contributed by atoms with van der Waals surface area (Å²) in [6.07, 6.45) is 8.72. The molecule has 2 aliphatic rings. The van der Waals surface area contributed by atoms with Crippen molar-refractivity contribution in [3.8, 4) is 0 Å². The van der Waals surface area contributed by atoms with Crippen LogP contribution in [0.5, 0.6) is 0 Å². The molecule has 1 spiro atoms. The van der Waals surface area contributed by atoms with E-state index in [9.17, 15) is 0 Å². The van der Waals surface area contributed by atoms with Crippen LogP contribution < -0.4 is 10.2 Å². The van der Waals surface area contributed by atoms with Crippen LogP contribution in [-0.2, 0) is 6.54 Å². The van der Waals surface area contributed by atoms with E-state index < -0.39 is 0 Å². The molecule has 1 heterocycles. The molecule has 2 nitrogen and oxygen atoms in total. The lowest BCUT2D eigenvalue weighted by Gasteiger charge is -2.40. The molecule has 0 bridgehead atoms. The number of nitrogens with zero attached hydrogens (tertiary/aromatic N) is 1. The molecule has 1 aliphatic heterocycles. The van der Waals surface area contributed by atoms with E-state index >= 15 is 0 Å². The Balaban J connectivity index is 1.89. The second-order valence-corrected chi connectivity index (χ2v) is 6.32. The molecule has 0 saturated heterocycles. The average Bonchev–Trinajstić information content (AvgIpc) is 2.64. The van der Waals surface area contributed by atoms with Gasteiger partial charge < -0.3 is 10.2 Å². The van der Waals surface area contributed by atoms with E-state index in [-0.39, 0.29) is 5.54 Å². The van der Waals surface area contributed by atoms with Gasteiger partial charge in [-0.25, -0.2) is 0 Å². The fraction of sp³-hybridized carbons (Fsp3) is 0.529. The highest BCUT2D eigenvalue weighted by Crippen LogP contribution is 2.34. The summed E-state index contributed by atoms with van der Waals surface area (Å²) in [6.45, 7) is 2.96. The molecule has 20 heavy (non-hydrogen) atoms. The minimum Gasteiger partial charge on any atom is -0.366 e. The predicted molar refractivity (Wildman–Crippen MR) is 86.3 cm³/mol. The standard InChI is InChI=1S/C17H23ClN2/c18-11-6-12-20-14-17(9-4-1-5-10-17)19-13-15-7-2-3-8-16(15)20/h2-3,6-8,11,19H,1,4-5,9-10,12-14H2/b11-6+. The molecular formula is C17H23ClN2. The molecule has 1 aromatic carbocycles. The Morgan fingerprint density at radius 3 is 2.80 bits per heavy atom. The monoisotopic (exact) mass is 290 g/mol. The van der Waals surface area contributed by atoms with E-state index in [0.717, 1.165) is 19.6 Å². The number of benzene rings is 1. The van der Waals surface area contributed by atoms with Gasteiger partial charge in [0.05, 0.1) is 0 Å². The first-order valence-electron chi connectivity index (χ1n) is 7.66. The Bertz CT molecular complexity index is 478. The molecule has 3 rings (SSSR count). The molecule has 0 atom stereocenters. The maximum absolute atomic E-state index is 5.74. The number of halogens is 1. The third-order valence-corrected chi connectivity index (χ3v) is 4.88. The van der Waals surface area contributed by atoms with E-state index in [2.05, 4.69) is 34.5 Å². The Kier molecular flexibility index (Phi) is 4.32. The van der Waals surface area contributed by atoms with Gasteiger partial charge in [-0.2, -0.15) is 0 Å². The fourth-order valence-electron chi connectivity index (χ4n) is 3.65. The average molecular weight is 291 g/mol. The summed E-state index contributed by atoms with van der Waals surface area (Å²) < 4.78 is 0. The zero-order valence-electron chi connectivity index (χ0n) is 11.9. The third kappa shape index (κ3) is 2.87. The first-order chi connectivity index (χ1) is 9.83. The first-order valence-corrected chi connectivity index (χ1v) is 8.10. The van der Waals surface area contributed by atoms with Crippen molar-refractivity contribution in [2.75, 3.05) is 18.0 Å². The summed E-state index contributed by atoms with van der Waals surface area (Å²) in [5, 5.41) is 3.86. The predicted octanol–water partition coefficient (Wildman–Crippen LogP) is 4.05. The molecule has 0 aromatic heterocycles. The SMILES string of the molecule is Cl/C=C/CN1CC2(CCCCC2)NCc2ccccc21. The second kappa shape index (κ2) is 6.19. The van der Waals surface area contributed by atoms with Crippen LogP contribution in [0.1, 0.15) is 37.7 Å². The Hall–Kier alpha value is -0.990.